The first-order valence-electron chi connectivity index (χ1n) is 4.48. The minimum absolute atomic E-state index is 0.721. The fraction of sp³-hybridized carbons (Fsp3) is 0.400. The molecule has 0 heterocycles. The predicted octanol–water partition coefficient (Wildman–Crippen LogP) is 2.85. The number of ether oxygens (including phenoxy) is 1. The summed E-state index contributed by atoms with van der Waals surface area (Å²) < 4.78 is 7.73. The van der Waals surface area contributed by atoms with Gasteiger partial charge in [-0.2, -0.15) is 0 Å². The quantitative estimate of drug-likeness (QED) is 0.473. The second-order valence-corrected chi connectivity index (χ2v) is 4.74. The smallest absolute Gasteiger partial charge is 0.119 e. The van der Waals surface area contributed by atoms with Crippen molar-refractivity contribution in [1.29, 1.82) is 0 Å². The van der Waals surface area contributed by atoms with E-state index in [4.69, 9.17) is 4.74 Å². The average molecular weight is 370 g/mol. The average Bonchev–Trinajstić information content (AvgIpc) is 2.21. The third-order valence-corrected chi connectivity index (χ3v) is 2.70. The van der Waals surface area contributed by atoms with Crippen molar-refractivity contribution in [2.24, 2.45) is 0 Å². The van der Waals surface area contributed by atoms with Crippen LogP contribution >= 0.6 is 38.5 Å². The fourth-order valence-corrected chi connectivity index (χ4v) is 1.61. The van der Waals surface area contributed by atoms with Crippen molar-refractivity contribution in [2.75, 3.05) is 24.1 Å². The molecule has 0 radical (unpaired) electrons. The lowest BCUT2D eigenvalue weighted by Crippen LogP contribution is -2.22. The second kappa shape index (κ2) is 7.48. The van der Waals surface area contributed by atoms with Gasteiger partial charge in [-0.25, -0.2) is 0 Å². The minimum atomic E-state index is 0.721. The highest BCUT2D eigenvalue weighted by Gasteiger charge is 1.92. The van der Waals surface area contributed by atoms with Crippen molar-refractivity contribution >= 4 is 38.5 Å². The first-order chi connectivity index (χ1) is 6.83. The molecule has 1 rings (SSSR count). The molecule has 0 fully saturated rings. The Morgan fingerprint density at radius 3 is 2.57 bits per heavy atom. The lowest BCUT2D eigenvalue weighted by atomic mass is 10.3. The largest absolute Gasteiger partial charge is 0.492 e. The maximum absolute atomic E-state index is 5.52. The molecule has 14 heavy (non-hydrogen) atoms. The van der Waals surface area contributed by atoms with Crippen LogP contribution in [0.25, 0.3) is 0 Å². The molecule has 0 atom stereocenters. The molecule has 78 valence electrons. The van der Waals surface area contributed by atoms with Crippen LogP contribution in [-0.2, 0) is 0 Å². The number of rotatable bonds is 6. The molecule has 0 bridgehead atoms. The molecule has 0 amide bonds. The summed E-state index contributed by atoms with van der Waals surface area (Å²) in [6.45, 7) is 2.67. The number of nitrogens with one attached hydrogen (secondary N) is 1. The van der Waals surface area contributed by atoms with Crippen molar-refractivity contribution in [3.05, 3.63) is 28.7 Å². The predicted molar refractivity (Wildman–Crippen MR) is 71.4 cm³/mol. The minimum Gasteiger partial charge on any atom is -0.492 e. The van der Waals surface area contributed by atoms with Gasteiger partial charge in [0.1, 0.15) is 12.4 Å². The SMILES string of the molecule is Brc1ccc(OCCNCCI)cc1. The third kappa shape index (κ3) is 5.17. The summed E-state index contributed by atoms with van der Waals surface area (Å²) >= 11 is 5.72. The zero-order valence-corrected chi connectivity index (χ0v) is 11.5. The van der Waals surface area contributed by atoms with Gasteiger partial charge in [-0.1, -0.05) is 38.5 Å². The van der Waals surface area contributed by atoms with E-state index in [-0.39, 0.29) is 0 Å². The van der Waals surface area contributed by atoms with Gasteiger partial charge < -0.3 is 10.1 Å². The Morgan fingerprint density at radius 1 is 1.21 bits per heavy atom. The number of hydrogen-bond donors (Lipinski definition) is 1. The van der Waals surface area contributed by atoms with Gasteiger partial charge in [-0.3, -0.25) is 0 Å². The van der Waals surface area contributed by atoms with Gasteiger partial charge in [0.05, 0.1) is 0 Å². The van der Waals surface area contributed by atoms with E-state index in [1.165, 1.54) is 0 Å². The molecule has 1 N–H and O–H groups in total. The molecular weight excluding hydrogens is 357 g/mol. The third-order valence-electron chi connectivity index (χ3n) is 1.63. The van der Waals surface area contributed by atoms with E-state index in [1.807, 2.05) is 24.3 Å². The van der Waals surface area contributed by atoms with E-state index < -0.39 is 0 Å². The van der Waals surface area contributed by atoms with Crippen LogP contribution in [0.3, 0.4) is 0 Å². The summed E-state index contributed by atoms with van der Waals surface area (Å²) in [5.74, 6) is 0.921. The molecule has 0 aromatic heterocycles. The maximum atomic E-state index is 5.52. The van der Waals surface area contributed by atoms with E-state index in [1.54, 1.807) is 0 Å². The molecule has 0 aliphatic rings. The molecule has 0 aliphatic heterocycles. The lowest BCUT2D eigenvalue weighted by Gasteiger charge is -2.06. The molecule has 0 saturated carbocycles. The Morgan fingerprint density at radius 2 is 1.93 bits per heavy atom. The highest BCUT2D eigenvalue weighted by molar-refractivity contribution is 14.1. The highest BCUT2D eigenvalue weighted by Crippen LogP contribution is 2.15. The van der Waals surface area contributed by atoms with Gasteiger partial charge in [-0.15, -0.1) is 0 Å². The van der Waals surface area contributed by atoms with Crippen LogP contribution in [0.1, 0.15) is 0 Å². The van der Waals surface area contributed by atoms with Crippen LogP contribution in [-0.4, -0.2) is 24.1 Å². The van der Waals surface area contributed by atoms with Gasteiger partial charge in [0.15, 0.2) is 0 Å². The molecule has 0 spiro atoms. The number of alkyl halides is 1. The van der Waals surface area contributed by atoms with Crippen LogP contribution in [0.15, 0.2) is 28.7 Å². The van der Waals surface area contributed by atoms with E-state index in [2.05, 4.69) is 43.8 Å². The van der Waals surface area contributed by atoms with Crippen molar-refractivity contribution in [3.8, 4) is 5.75 Å². The monoisotopic (exact) mass is 369 g/mol. The number of hydrogen-bond acceptors (Lipinski definition) is 2. The molecule has 0 aliphatic carbocycles. The van der Waals surface area contributed by atoms with Crippen molar-refractivity contribution in [3.63, 3.8) is 0 Å². The number of benzene rings is 1. The Labute approximate surface area is 107 Å². The van der Waals surface area contributed by atoms with E-state index in [9.17, 15) is 0 Å². The standard InChI is InChI=1S/C10H13BrINO/c11-9-1-3-10(4-2-9)14-8-7-13-6-5-12/h1-4,13H,5-8H2. The van der Waals surface area contributed by atoms with Gasteiger partial charge in [0.25, 0.3) is 0 Å². The summed E-state index contributed by atoms with van der Waals surface area (Å²) in [7, 11) is 0. The maximum Gasteiger partial charge on any atom is 0.119 e. The normalized spacial score (nSPS) is 10.1. The molecular formula is C10H13BrINO. The van der Waals surface area contributed by atoms with Crippen molar-refractivity contribution < 1.29 is 4.74 Å². The van der Waals surface area contributed by atoms with Crippen LogP contribution in [0.5, 0.6) is 5.75 Å². The zero-order valence-electron chi connectivity index (χ0n) is 7.80. The molecule has 1 aromatic rings. The second-order valence-electron chi connectivity index (χ2n) is 2.74. The fourth-order valence-electron chi connectivity index (χ4n) is 0.964. The molecule has 0 unspecified atom stereocenters. The van der Waals surface area contributed by atoms with Crippen LogP contribution in [0.4, 0.5) is 0 Å². The van der Waals surface area contributed by atoms with E-state index in [0.29, 0.717) is 0 Å². The zero-order chi connectivity index (χ0) is 10.2. The summed E-state index contributed by atoms with van der Waals surface area (Å²) in [5, 5.41) is 3.27. The molecule has 1 aromatic carbocycles. The Kier molecular flexibility index (Phi) is 6.55. The summed E-state index contributed by atoms with van der Waals surface area (Å²) in [5.41, 5.74) is 0. The van der Waals surface area contributed by atoms with E-state index >= 15 is 0 Å². The molecule has 2 nitrogen and oxygen atoms in total. The summed E-state index contributed by atoms with van der Waals surface area (Å²) in [6.07, 6.45) is 0. The summed E-state index contributed by atoms with van der Waals surface area (Å²) in [4.78, 5) is 0. The highest BCUT2D eigenvalue weighted by atomic mass is 127. The Balaban J connectivity index is 2.15. The van der Waals surface area contributed by atoms with E-state index in [0.717, 1.165) is 34.3 Å². The van der Waals surface area contributed by atoms with Gasteiger partial charge in [0, 0.05) is 22.0 Å². The van der Waals surface area contributed by atoms with Gasteiger partial charge in [-0.05, 0) is 24.3 Å². The topological polar surface area (TPSA) is 21.3 Å². The number of halogens is 2. The van der Waals surface area contributed by atoms with Crippen LogP contribution in [0.2, 0.25) is 0 Å². The first kappa shape index (κ1) is 12.3. The Hall–Kier alpha value is 0.190. The lowest BCUT2D eigenvalue weighted by molar-refractivity contribution is 0.315. The van der Waals surface area contributed by atoms with Gasteiger partial charge in [0.2, 0.25) is 0 Å². The molecule has 4 heteroatoms. The van der Waals surface area contributed by atoms with Crippen LogP contribution in [0, 0.1) is 0 Å². The van der Waals surface area contributed by atoms with Crippen LogP contribution < -0.4 is 10.1 Å². The van der Waals surface area contributed by atoms with Crippen molar-refractivity contribution in [2.45, 2.75) is 0 Å². The van der Waals surface area contributed by atoms with Crippen molar-refractivity contribution in [1.82, 2.24) is 5.32 Å². The first-order valence-corrected chi connectivity index (χ1v) is 6.80. The molecule has 0 saturated heterocycles. The van der Waals surface area contributed by atoms with Gasteiger partial charge >= 0.3 is 0 Å². The summed E-state index contributed by atoms with van der Waals surface area (Å²) in [6, 6.07) is 7.88. The Bertz CT molecular complexity index is 253.